The minimum Gasteiger partial charge on any atom is -0.309 e. The van der Waals surface area contributed by atoms with Crippen LogP contribution in [0.5, 0.6) is 0 Å². The van der Waals surface area contributed by atoms with Crippen molar-refractivity contribution in [1.29, 1.82) is 0 Å². The summed E-state index contributed by atoms with van der Waals surface area (Å²) >= 11 is 6.08. The number of rotatable bonds is 3. The molecule has 0 saturated heterocycles. The predicted molar refractivity (Wildman–Crippen MR) is 73.4 cm³/mol. The molecule has 0 spiro atoms. The van der Waals surface area contributed by atoms with Gasteiger partial charge in [-0.25, -0.2) is 8.78 Å². The third-order valence-corrected chi connectivity index (χ3v) is 3.49. The molecule has 2 aromatic carbocycles. The van der Waals surface area contributed by atoms with Crippen LogP contribution in [-0.2, 0) is 0 Å². The topological polar surface area (TPSA) is 12.0 Å². The van der Waals surface area contributed by atoms with E-state index in [2.05, 4.69) is 5.32 Å². The zero-order valence-electron chi connectivity index (χ0n) is 10.7. The van der Waals surface area contributed by atoms with Crippen LogP contribution in [-0.4, -0.2) is 7.05 Å². The van der Waals surface area contributed by atoms with Crippen molar-refractivity contribution in [2.45, 2.75) is 13.0 Å². The fraction of sp³-hybridized carbons (Fsp3) is 0.200. The first kappa shape index (κ1) is 14.0. The summed E-state index contributed by atoms with van der Waals surface area (Å²) in [5.41, 5.74) is 2.00. The van der Waals surface area contributed by atoms with E-state index in [1.165, 1.54) is 6.07 Å². The molecule has 100 valence electrons. The minimum absolute atomic E-state index is 0.266. The monoisotopic (exact) mass is 281 g/mol. The molecule has 0 aliphatic heterocycles. The van der Waals surface area contributed by atoms with Crippen molar-refractivity contribution in [2.24, 2.45) is 0 Å². The molecular formula is C15H14ClF2N. The van der Waals surface area contributed by atoms with Crippen LogP contribution in [0, 0.1) is 18.6 Å². The van der Waals surface area contributed by atoms with E-state index < -0.39 is 17.7 Å². The Labute approximate surface area is 116 Å². The highest BCUT2D eigenvalue weighted by molar-refractivity contribution is 6.31. The van der Waals surface area contributed by atoms with Gasteiger partial charge in [0.1, 0.15) is 11.6 Å². The van der Waals surface area contributed by atoms with Crippen LogP contribution in [0.25, 0.3) is 0 Å². The summed E-state index contributed by atoms with van der Waals surface area (Å²) in [5, 5.41) is 3.59. The Bertz CT molecular complexity index is 599. The summed E-state index contributed by atoms with van der Waals surface area (Å²) in [6, 6.07) is 8.48. The SMILES string of the molecule is CNC(c1ccc(C)c(Cl)c1)c1cc(F)ccc1F. The van der Waals surface area contributed by atoms with Crippen LogP contribution >= 0.6 is 11.6 Å². The number of aryl methyl sites for hydroxylation is 1. The van der Waals surface area contributed by atoms with Crippen LogP contribution in [0.15, 0.2) is 36.4 Å². The Kier molecular flexibility index (Phi) is 4.17. The number of benzene rings is 2. The lowest BCUT2D eigenvalue weighted by Crippen LogP contribution is -2.19. The van der Waals surface area contributed by atoms with E-state index in [0.717, 1.165) is 23.3 Å². The highest BCUT2D eigenvalue weighted by Crippen LogP contribution is 2.28. The second kappa shape index (κ2) is 5.68. The van der Waals surface area contributed by atoms with Crippen LogP contribution in [0.4, 0.5) is 8.78 Å². The average molecular weight is 282 g/mol. The number of nitrogens with one attached hydrogen (secondary N) is 1. The second-order valence-corrected chi connectivity index (χ2v) is 4.80. The Balaban J connectivity index is 2.49. The van der Waals surface area contributed by atoms with Crippen molar-refractivity contribution in [3.05, 3.63) is 69.7 Å². The van der Waals surface area contributed by atoms with Crippen molar-refractivity contribution in [3.63, 3.8) is 0 Å². The lowest BCUT2D eigenvalue weighted by Gasteiger charge is -2.18. The van der Waals surface area contributed by atoms with Gasteiger partial charge in [-0.2, -0.15) is 0 Å². The first-order valence-corrected chi connectivity index (χ1v) is 6.29. The highest BCUT2D eigenvalue weighted by Gasteiger charge is 2.17. The van der Waals surface area contributed by atoms with E-state index in [1.54, 1.807) is 13.1 Å². The second-order valence-electron chi connectivity index (χ2n) is 4.40. The van der Waals surface area contributed by atoms with E-state index in [4.69, 9.17) is 11.6 Å². The molecule has 4 heteroatoms. The predicted octanol–water partition coefficient (Wildman–Crippen LogP) is 4.24. The normalized spacial score (nSPS) is 12.5. The van der Waals surface area contributed by atoms with E-state index in [1.807, 2.05) is 19.1 Å². The Hall–Kier alpha value is -1.45. The van der Waals surface area contributed by atoms with Gasteiger partial charge in [0, 0.05) is 10.6 Å². The molecule has 0 saturated carbocycles. The molecule has 1 unspecified atom stereocenters. The quantitative estimate of drug-likeness (QED) is 0.887. The Morgan fingerprint density at radius 1 is 1.11 bits per heavy atom. The minimum atomic E-state index is -0.463. The largest absolute Gasteiger partial charge is 0.309 e. The van der Waals surface area contributed by atoms with Crippen molar-refractivity contribution in [3.8, 4) is 0 Å². The first-order chi connectivity index (χ1) is 9.02. The molecule has 1 N–H and O–H groups in total. The third kappa shape index (κ3) is 2.94. The van der Waals surface area contributed by atoms with E-state index in [9.17, 15) is 8.78 Å². The molecule has 1 atom stereocenters. The summed E-state index contributed by atoms with van der Waals surface area (Å²) in [7, 11) is 1.70. The lowest BCUT2D eigenvalue weighted by atomic mass is 9.97. The highest BCUT2D eigenvalue weighted by atomic mass is 35.5. The van der Waals surface area contributed by atoms with Gasteiger partial charge in [0.05, 0.1) is 6.04 Å². The molecule has 0 fully saturated rings. The summed E-state index contributed by atoms with van der Waals surface area (Å²) in [5.74, 6) is -0.910. The van der Waals surface area contributed by atoms with Gasteiger partial charge in [-0.3, -0.25) is 0 Å². The average Bonchev–Trinajstić information content (AvgIpc) is 2.38. The maximum absolute atomic E-state index is 13.8. The lowest BCUT2D eigenvalue weighted by molar-refractivity contribution is 0.558. The molecule has 0 aromatic heterocycles. The van der Waals surface area contributed by atoms with E-state index >= 15 is 0 Å². The summed E-state index contributed by atoms with van der Waals surface area (Å²) < 4.78 is 27.1. The third-order valence-electron chi connectivity index (χ3n) is 3.09. The van der Waals surface area contributed by atoms with Crippen molar-refractivity contribution >= 4 is 11.6 Å². The van der Waals surface area contributed by atoms with Crippen molar-refractivity contribution in [2.75, 3.05) is 7.05 Å². The number of hydrogen-bond acceptors (Lipinski definition) is 1. The van der Waals surface area contributed by atoms with Gasteiger partial charge in [0.25, 0.3) is 0 Å². The number of halogens is 3. The van der Waals surface area contributed by atoms with Gasteiger partial charge >= 0.3 is 0 Å². The summed E-state index contributed by atoms with van der Waals surface area (Å²) in [4.78, 5) is 0. The Morgan fingerprint density at radius 2 is 1.84 bits per heavy atom. The number of hydrogen-bond donors (Lipinski definition) is 1. The molecule has 1 nitrogen and oxygen atoms in total. The van der Waals surface area contributed by atoms with Crippen molar-refractivity contribution in [1.82, 2.24) is 5.32 Å². The standard InChI is InChI=1S/C15H14ClF2N/c1-9-3-4-10(7-13(9)16)15(19-2)12-8-11(17)5-6-14(12)18/h3-8,15,19H,1-2H3. The molecule has 0 heterocycles. The first-order valence-electron chi connectivity index (χ1n) is 5.91. The van der Waals surface area contributed by atoms with Gasteiger partial charge in [0.15, 0.2) is 0 Å². The van der Waals surface area contributed by atoms with Gasteiger partial charge in [-0.15, -0.1) is 0 Å². The molecule has 19 heavy (non-hydrogen) atoms. The molecule has 0 amide bonds. The fourth-order valence-corrected chi connectivity index (χ4v) is 2.22. The van der Waals surface area contributed by atoms with Crippen LogP contribution < -0.4 is 5.32 Å². The van der Waals surface area contributed by atoms with Crippen molar-refractivity contribution < 1.29 is 8.78 Å². The van der Waals surface area contributed by atoms with Crippen LogP contribution in [0.3, 0.4) is 0 Å². The van der Waals surface area contributed by atoms with Gasteiger partial charge in [-0.05, 0) is 49.4 Å². The molecule has 2 aromatic rings. The molecular weight excluding hydrogens is 268 g/mol. The molecule has 0 radical (unpaired) electrons. The maximum atomic E-state index is 13.8. The molecule has 0 aliphatic carbocycles. The zero-order chi connectivity index (χ0) is 14.0. The van der Waals surface area contributed by atoms with Gasteiger partial charge in [-0.1, -0.05) is 23.7 Å². The molecule has 0 aliphatic rings. The zero-order valence-corrected chi connectivity index (χ0v) is 11.4. The van der Waals surface area contributed by atoms with Crippen LogP contribution in [0.1, 0.15) is 22.7 Å². The summed E-state index contributed by atoms with van der Waals surface area (Å²) in [6.07, 6.45) is 0. The van der Waals surface area contributed by atoms with Crippen LogP contribution in [0.2, 0.25) is 5.02 Å². The molecule has 2 rings (SSSR count). The van der Waals surface area contributed by atoms with Gasteiger partial charge < -0.3 is 5.32 Å². The fourth-order valence-electron chi connectivity index (χ4n) is 2.03. The smallest absolute Gasteiger partial charge is 0.128 e. The van der Waals surface area contributed by atoms with E-state index in [-0.39, 0.29) is 5.56 Å². The maximum Gasteiger partial charge on any atom is 0.128 e. The summed E-state index contributed by atoms with van der Waals surface area (Å²) in [6.45, 7) is 1.89. The van der Waals surface area contributed by atoms with Gasteiger partial charge in [0.2, 0.25) is 0 Å². The Morgan fingerprint density at radius 3 is 2.47 bits per heavy atom. The molecule has 0 bridgehead atoms. The van der Waals surface area contributed by atoms with E-state index in [0.29, 0.717) is 5.02 Å².